The topological polar surface area (TPSA) is 84.3 Å². The normalized spacial score (nSPS) is 11.7. The summed E-state index contributed by atoms with van der Waals surface area (Å²) in [5, 5.41) is 3.19. The number of hydrogen-bond donors (Lipinski definition) is 2. The smallest absolute Gasteiger partial charge is 0.186 e. The van der Waals surface area contributed by atoms with E-state index in [1.54, 1.807) is 55.1 Å². The molecule has 0 spiro atoms. The number of nitrogens with zero attached hydrogens (tertiary/aromatic N) is 2. The summed E-state index contributed by atoms with van der Waals surface area (Å²) in [4.78, 5) is 8.29. The highest BCUT2D eigenvalue weighted by molar-refractivity contribution is 7.79. The molecule has 1 atom stereocenters. The van der Waals surface area contributed by atoms with Crippen LogP contribution in [0.3, 0.4) is 0 Å². The van der Waals surface area contributed by atoms with Crippen molar-refractivity contribution in [3.63, 3.8) is 0 Å². The van der Waals surface area contributed by atoms with Gasteiger partial charge in [-0.25, -0.2) is 4.21 Å². The van der Waals surface area contributed by atoms with Crippen LogP contribution in [0.1, 0.15) is 5.56 Å². The lowest BCUT2D eigenvalue weighted by Gasteiger charge is -2.12. The molecule has 0 saturated carbocycles. The molecule has 2 heterocycles. The zero-order valence-corrected chi connectivity index (χ0v) is 13.4. The Bertz CT molecular complexity index is 829. The molecule has 24 heavy (non-hydrogen) atoms. The Morgan fingerprint density at radius 2 is 1.88 bits per heavy atom. The van der Waals surface area contributed by atoms with Gasteiger partial charge in [-0.15, -0.1) is 0 Å². The molecule has 6 nitrogen and oxygen atoms in total. The van der Waals surface area contributed by atoms with Crippen LogP contribution in [0, 0.1) is 0 Å². The molecule has 0 aliphatic carbocycles. The molecule has 122 valence electrons. The number of ether oxygens (including phenoxy) is 1. The van der Waals surface area contributed by atoms with Crippen LogP contribution in [0.5, 0.6) is 11.5 Å². The maximum atomic E-state index is 11.5. The van der Waals surface area contributed by atoms with Crippen LogP contribution >= 0.6 is 0 Å². The van der Waals surface area contributed by atoms with E-state index in [0.717, 1.165) is 5.69 Å². The van der Waals surface area contributed by atoms with Gasteiger partial charge in [-0.2, -0.15) is 0 Å². The van der Waals surface area contributed by atoms with E-state index in [0.29, 0.717) is 28.5 Å². The van der Waals surface area contributed by atoms with Gasteiger partial charge in [0.05, 0.1) is 11.1 Å². The summed E-state index contributed by atoms with van der Waals surface area (Å²) in [6, 6.07) is 12.2. The Morgan fingerprint density at radius 1 is 1.04 bits per heavy atom. The Balaban J connectivity index is 1.82. The number of pyridine rings is 2. The van der Waals surface area contributed by atoms with Crippen molar-refractivity contribution in [2.75, 3.05) is 5.32 Å². The predicted octanol–water partition coefficient (Wildman–Crippen LogP) is 3.46. The third-order valence-electron chi connectivity index (χ3n) is 3.25. The van der Waals surface area contributed by atoms with Crippen molar-refractivity contribution in [1.29, 1.82) is 0 Å². The Hall–Kier alpha value is -2.77. The van der Waals surface area contributed by atoms with Crippen LogP contribution in [0.15, 0.2) is 72.1 Å². The van der Waals surface area contributed by atoms with Gasteiger partial charge in [0, 0.05) is 30.8 Å². The molecule has 1 unspecified atom stereocenters. The highest BCUT2D eigenvalue weighted by Crippen LogP contribution is 2.25. The Labute approximate surface area is 141 Å². The quantitative estimate of drug-likeness (QED) is 0.668. The highest BCUT2D eigenvalue weighted by atomic mass is 32.2. The Morgan fingerprint density at radius 3 is 2.58 bits per heavy atom. The Kier molecular flexibility index (Phi) is 5.15. The van der Waals surface area contributed by atoms with Gasteiger partial charge < -0.3 is 14.6 Å². The summed E-state index contributed by atoms with van der Waals surface area (Å²) < 4.78 is 26.7. The van der Waals surface area contributed by atoms with Gasteiger partial charge in [-0.3, -0.25) is 9.97 Å². The number of anilines is 1. The lowest BCUT2D eigenvalue weighted by molar-refractivity contribution is 0.479. The maximum Gasteiger partial charge on any atom is 0.186 e. The molecule has 2 N–H and O–H groups in total. The lowest BCUT2D eigenvalue weighted by atomic mass is 10.2. The first-order valence-corrected chi connectivity index (χ1v) is 8.28. The molecule has 7 heteroatoms. The highest BCUT2D eigenvalue weighted by Gasteiger charge is 2.10. The van der Waals surface area contributed by atoms with Crippen LogP contribution < -0.4 is 10.1 Å². The minimum atomic E-state index is -2.07. The predicted molar refractivity (Wildman–Crippen MR) is 91.4 cm³/mol. The molecule has 0 bridgehead atoms. The maximum absolute atomic E-state index is 11.5. The van der Waals surface area contributed by atoms with E-state index in [9.17, 15) is 8.76 Å². The van der Waals surface area contributed by atoms with E-state index >= 15 is 0 Å². The van der Waals surface area contributed by atoms with Gasteiger partial charge in [0.2, 0.25) is 0 Å². The number of benzene rings is 1. The summed E-state index contributed by atoms with van der Waals surface area (Å²) in [5.74, 6) is 1.17. The number of aromatic nitrogens is 2. The largest absolute Gasteiger partial charge is 0.456 e. The monoisotopic (exact) mass is 341 g/mol. The van der Waals surface area contributed by atoms with Crippen molar-refractivity contribution in [3.8, 4) is 11.5 Å². The van der Waals surface area contributed by atoms with Crippen molar-refractivity contribution < 1.29 is 13.5 Å². The van der Waals surface area contributed by atoms with Gasteiger partial charge in [0.1, 0.15) is 11.5 Å². The lowest BCUT2D eigenvalue weighted by Crippen LogP contribution is -2.04. The van der Waals surface area contributed by atoms with Gasteiger partial charge >= 0.3 is 0 Å². The fourth-order valence-corrected chi connectivity index (χ4v) is 2.68. The molecular formula is C17H15N3O3S. The van der Waals surface area contributed by atoms with Crippen LogP contribution in [0.4, 0.5) is 5.69 Å². The molecule has 0 aliphatic heterocycles. The second-order valence-electron chi connectivity index (χ2n) is 4.90. The second-order valence-corrected chi connectivity index (χ2v) is 5.84. The summed E-state index contributed by atoms with van der Waals surface area (Å²) in [6.45, 7) is 0.385. The van der Waals surface area contributed by atoms with Gasteiger partial charge in [0.25, 0.3) is 0 Å². The summed E-state index contributed by atoms with van der Waals surface area (Å²) in [5.41, 5.74) is 1.55. The van der Waals surface area contributed by atoms with Crippen molar-refractivity contribution in [3.05, 3.63) is 72.8 Å². The van der Waals surface area contributed by atoms with E-state index in [1.165, 1.54) is 0 Å². The van der Waals surface area contributed by atoms with E-state index in [4.69, 9.17) is 4.74 Å². The number of hydrogen-bond acceptors (Lipinski definition) is 5. The molecule has 2 aromatic heterocycles. The van der Waals surface area contributed by atoms with Crippen LogP contribution in [0.25, 0.3) is 0 Å². The molecule has 0 radical (unpaired) electrons. The van der Waals surface area contributed by atoms with E-state index < -0.39 is 11.1 Å². The summed E-state index contributed by atoms with van der Waals surface area (Å²) >= 11 is -2.07. The zero-order chi connectivity index (χ0) is 16.8. The fourth-order valence-electron chi connectivity index (χ4n) is 2.14. The molecule has 0 saturated heterocycles. The minimum absolute atomic E-state index is 0.343. The first kappa shape index (κ1) is 16.1. The van der Waals surface area contributed by atoms with Crippen molar-refractivity contribution in [2.45, 2.75) is 11.4 Å². The van der Waals surface area contributed by atoms with Crippen molar-refractivity contribution in [1.82, 2.24) is 9.97 Å². The molecular weight excluding hydrogens is 326 g/mol. The second kappa shape index (κ2) is 7.67. The van der Waals surface area contributed by atoms with Crippen LogP contribution in [-0.4, -0.2) is 18.7 Å². The molecule has 0 fully saturated rings. The molecule has 3 rings (SSSR count). The van der Waals surface area contributed by atoms with Gasteiger partial charge in [-0.1, -0.05) is 0 Å². The molecule has 3 aromatic rings. The zero-order valence-electron chi connectivity index (χ0n) is 12.6. The van der Waals surface area contributed by atoms with Crippen molar-refractivity contribution in [2.24, 2.45) is 0 Å². The molecule has 1 aromatic carbocycles. The fraction of sp³-hybridized carbons (Fsp3) is 0.0588. The third-order valence-corrected chi connectivity index (χ3v) is 4.03. The number of nitrogens with one attached hydrogen (secondary N) is 1. The first-order chi connectivity index (χ1) is 11.7. The van der Waals surface area contributed by atoms with Crippen molar-refractivity contribution >= 4 is 16.8 Å². The van der Waals surface area contributed by atoms with Crippen LogP contribution in [0.2, 0.25) is 0 Å². The van der Waals surface area contributed by atoms with Crippen LogP contribution in [-0.2, 0) is 17.6 Å². The van der Waals surface area contributed by atoms with Gasteiger partial charge in [-0.05, 0) is 48.0 Å². The average molecular weight is 341 g/mol. The molecule has 0 aliphatic rings. The standard InChI is InChI=1S/C17H15N3O3S/c21-24(22)17-4-3-15(23-16-2-1-7-19-12-16)10-13(17)11-20-14-5-8-18-9-6-14/h1-10,12H,11H2,(H,18,20)(H,21,22). The minimum Gasteiger partial charge on any atom is -0.456 e. The van der Waals surface area contributed by atoms with E-state index in [1.807, 2.05) is 12.1 Å². The third kappa shape index (κ3) is 4.15. The average Bonchev–Trinajstić information content (AvgIpc) is 2.61. The molecule has 0 amide bonds. The first-order valence-electron chi connectivity index (χ1n) is 7.18. The van der Waals surface area contributed by atoms with E-state index in [-0.39, 0.29) is 0 Å². The summed E-state index contributed by atoms with van der Waals surface area (Å²) in [7, 11) is 0. The summed E-state index contributed by atoms with van der Waals surface area (Å²) in [6.07, 6.45) is 6.62. The SMILES string of the molecule is O=S(O)c1ccc(Oc2cccnc2)cc1CNc1ccncc1. The van der Waals surface area contributed by atoms with E-state index in [2.05, 4.69) is 15.3 Å². The number of rotatable bonds is 6. The van der Waals surface area contributed by atoms with Gasteiger partial charge in [0.15, 0.2) is 11.1 Å².